The van der Waals surface area contributed by atoms with Crippen molar-refractivity contribution in [1.82, 2.24) is 0 Å². The van der Waals surface area contributed by atoms with Gasteiger partial charge in [-0.1, -0.05) is 19.1 Å². The minimum Gasteiger partial charge on any atom is -0.452 e. The van der Waals surface area contributed by atoms with Crippen LogP contribution in [0.5, 0.6) is 0 Å². The van der Waals surface area contributed by atoms with E-state index in [9.17, 15) is 31.2 Å². The van der Waals surface area contributed by atoms with Gasteiger partial charge in [0.15, 0.2) is 16.4 Å². The van der Waals surface area contributed by atoms with E-state index in [-0.39, 0.29) is 21.9 Å². The van der Waals surface area contributed by atoms with Crippen molar-refractivity contribution in [3.05, 3.63) is 59.7 Å². The van der Waals surface area contributed by atoms with Gasteiger partial charge in [0.2, 0.25) is 0 Å². The van der Waals surface area contributed by atoms with Crippen molar-refractivity contribution in [3.63, 3.8) is 0 Å². The van der Waals surface area contributed by atoms with Gasteiger partial charge in [0.25, 0.3) is 5.91 Å². The molecular formula is C18H16F3NO5S. The monoisotopic (exact) mass is 415 g/mol. The molecule has 0 radical (unpaired) electrons. The number of hydrogen-bond acceptors (Lipinski definition) is 5. The highest BCUT2D eigenvalue weighted by Crippen LogP contribution is 2.29. The fraction of sp³-hybridized carbons (Fsp3) is 0.222. The van der Waals surface area contributed by atoms with Crippen LogP contribution < -0.4 is 5.32 Å². The predicted octanol–water partition coefficient (Wildman–Crippen LogP) is 3.29. The molecular weight excluding hydrogens is 399 g/mol. The Morgan fingerprint density at radius 3 is 2.21 bits per heavy atom. The van der Waals surface area contributed by atoms with Crippen LogP contribution in [0.2, 0.25) is 0 Å². The molecule has 10 heteroatoms. The second-order valence-corrected chi connectivity index (χ2v) is 7.85. The molecule has 1 amide bonds. The lowest BCUT2D eigenvalue weighted by atomic mass is 10.2. The maximum atomic E-state index is 12.5. The van der Waals surface area contributed by atoms with Crippen molar-refractivity contribution in [2.45, 2.75) is 18.0 Å². The van der Waals surface area contributed by atoms with E-state index in [2.05, 4.69) is 5.32 Å². The van der Waals surface area contributed by atoms with Gasteiger partial charge in [-0.3, -0.25) is 4.79 Å². The Morgan fingerprint density at radius 2 is 1.64 bits per heavy atom. The van der Waals surface area contributed by atoms with Crippen LogP contribution in [0.1, 0.15) is 22.8 Å². The summed E-state index contributed by atoms with van der Waals surface area (Å²) in [5.74, 6) is -2.01. The summed E-state index contributed by atoms with van der Waals surface area (Å²) in [5.41, 5.74) is -0.986. The van der Waals surface area contributed by atoms with Gasteiger partial charge < -0.3 is 10.1 Å². The third-order valence-electron chi connectivity index (χ3n) is 3.65. The highest BCUT2D eigenvalue weighted by Gasteiger charge is 2.30. The molecule has 6 nitrogen and oxygen atoms in total. The summed E-state index contributed by atoms with van der Waals surface area (Å²) in [5, 5.41) is 2.28. The van der Waals surface area contributed by atoms with Gasteiger partial charge in [0, 0.05) is 5.69 Å². The first-order chi connectivity index (χ1) is 13.0. The van der Waals surface area contributed by atoms with Crippen molar-refractivity contribution in [2.24, 2.45) is 0 Å². The Hall–Kier alpha value is -2.88. The Labute approximate surface area is 159 Å². The summed E-state index contributed by atoms with van der Waals surface area (Å²) in [6.45, 7) is 0.690. The molecule has 0 aromatic heterocycles. The van der Waals surface area contributed by atoms with Crippen molar-refractivity contribution in [3.8, 4) is 0 Å². The van der Waals surface area contributed by atoms with Crippen LogP contribution in [0.15, 0.2) is 53.4 Å². The number of carbonyl (C=O) groups excluding carboxylic acids is 2. The predicted molar refractivity (Wildman–Crippen MR) is 94.5 cm³/mol. The molecule has 0 aliphatic rings. The van der Waals surface area contributed by atoms with Gasteiger partial charge in [0.1, 0.15) is 0 Å². The summed E-state index contributed by atoms with van der Waals surface area (Å²) in [6.07, 6.45) is -4.50. The first-order valence-electron chi connectivity index (χ1n) is 8.00. The molecule has 0 atom stereocenters. The zero-order valence-corrected chi connectivity index (χ0v) is 15.4. The lowest BCUT2D eigenvalue weighted by Gasteiger charge is -2.10. The largest absolute Gasteiger partial charge is 0.452 e. The highest BCUT2D eigenvalue weighted by atomic mass is 32.2. The first kappa shape index (κ1) is 21.4. The number of anilines is 1. The Kier molecular flexibility index (Phi) is 6.45. The van der Waals surface area contributed by atoms with Crippen molar-refractivity contribution in [1.29, 1.82) is 0 Å². The number of amides is 1. The summed E-state index contributed by atoms with van der Waals surface area (Å²) in [6, 6.07) is 9.15. The van der Waals surface area contributed by atoms with E-state index in [1.807, 2.05) is 0 Å². The van der Waals surface area contributed by atoms with E-state index < -0.39 is 40.1 Å². The summed E-state index contributed by atoms with van der Waals surface area (Å²) < 4.78 is 66.4. The lowest BCUT2D eigenvalue weighted by Crippen LogP contribution is -2.22. The Bertz CT molecular complexity index is 969. The van der Waals surface area contributed by atoms with Crippen LogP contribution in [0.3, 0.4) is 0 Å². The second-order valence-electron chi connectivity index (χ2n) is 5.60. The number of rotatable bonds is 6. The van der Waals surface area contributed by atoms with E-state index in [0.717, 1.165) is 24.3 Å². The molecule has 2 aromatic rings. The zero-order chi connectivity index (χ0) is 20.9. The number of esters is 1. The second kappa shape index (κ2) is 8.42. The van der Waals surface area contributed by atoms with Crippen LogP contribution in [-0.4, -0.2) is 32.7 Å². The molecule has 0 saturated carbocycles. The van der Waals surface area contributed by atoms with Crippen LogP contribution >= 0.6 is 0 Å². The molecule has 150 valence electrons. The van der Waals surface area contributed by atoms with Gasteiger partial charge in [0.05, 0.1) is 21.8 Å². The molecule has 0 bridgehead atoms. The van der Waals surface area contributed by atoms with E-state index >= 15 is 0 Å². The average Bonchev–Trinajstić information content (AvgIpc) is 2.66. The smallest absolute Gasteiger partial charge is 0.416 e. The molecule has 2 aromatic carbocycles. The number of nitrogens with one attached hydrogen (secondary N) is 1. The van der Waals surface area contributed by atoms with E-state index in [4.69, 9.17) is 4.74 Å². The third kappa shape index (κ3) is 5.32. The van der Waals surface area contributed by atoms with Gasteiger partial charge in [-0.25, -0.2) is 13.2 Å². The molecule has 0 aliphatic heterocycles. The average molecular weight is 415 g/mol. The molecule has 2 rings (SSSR count). The molecule has 0 spiro atoms. The number of alkyl halides is 3. The number of sulfone groups is 1. The van der Waals surface area contributed by atoms with E-state index in [0.29, 0.717) is 0 Å². The third-order valence-corrected chi connectivity index (χ3v) is 5.44. The van der Waals surface area contributed by atoms with Crippen LogP contribution in [0.4, 0.5) is 18.9 Å². The van der Waals surface area contributed by atoms with Crippen LogP contribution in [0, 0.1) is 0 Å². The fourth-order valence-electron chi connectivity index (χ4n) is 2.21. The molecule has 0 aliphatic carbocycles. The number of hydrogen-bond donors (Lipinski definition) is 1. The minimum absolute atomic E-state index is 0.0861. The standard InChI is InChI=1S/C18H16F3NO5S/c1-2-28(25,26)15-6-4-3-5-14(15)17(24)27-11-16(23)22-13-9-7-12(8-10-13)18(19,20)21/h3-10H,2,11H2,1H3,(H,22,23). The highest BCUT2D eigenvalue weighted by molar-refractivity contribution is 7.91. The summed E-state index contributed by atoms with van der Waals surface area (Å²) in [7, 11) is -3.67. The molecule has 0 unspecified atom stereocenters. The SMILES string of the molecule is CCS(=O)(=O)c1ccccc1C(=O)OCC(=O)Nc1ccc(C(F)(F)F)cc1. The Morgan fingerprint density at radius 1 is 1.04 bits per heavy atom. The fourth-order valence-corrected chi connectivity index (χ4v) is 3.29. The van der Waals surface area contributed by atoms with Gasteiger partial charge >= 0.3 is 12.1 Å². The van der Waals surface area contributed by atoms with Crippen molar-refractivity contribution < 1.29 is 35.9 Å². The number of benzene rings is 2. The summed E-state index contributed by atoms with van der Waals surface area (Å²) in [4.78, 5) is 23.8. The quantitative estimate of drug-likeness (QED) is 0.732. The van der Waals surface area contributed by atoms with Crippen molar-refractivity contribution >= 4 is 27.4 Å². The lowest BCUT2D eigenvalue weighted by molar-refractivity contribution is -0.137. The van der Waals surface area contributed by atoms with E-state index in [1.54, 1.807) is 0 Å². The number of halogens is 3. The maximum Gasteiger partial charge on any atom is 0.416 e. The van der Waals surface area contributed by atoms with Crippen LogP contribution in [-0.2, 0) is 25.5 Å². The number of carbonyl (C=O) groups is 2. The van der Waals surface area contributed by atoms with E-state index in [1.165, 1.54) is 31.2 Å². The van der Waals surface area contributed by atoms with Crippen LogP contribution in [0.25, 0.3) is 0 Å². The summed E-state index contributed by atoms with van der Waals surface area (Å²) >= 11 is 0. The first-order valence-corrected chi connectivity index (χ1v) is 9.66. The van der Waals surface area contributed by atoms with Gasteiger partial charge in [-0.15, -0.1) is 0 Å². The molecule has 1 N–H and O–H groups in total. The Balaban J connectivity index is 2.01. The number of ether oxygens (including phenoxy) is 1. The molecule has 0 saturated heterocycles. The van der Waals surface area contributed by atoms with Gasteiger partial charge in [-0.2, -0.15) is 13.2 Å². The zero-order valence-electron chi connectivity index (χ0n) is 14.6. The van der Waals surface area contributed by atoms with Gasteiger partial charge in [-0.05, 0) is 36.4 Å². The topological polar surface area (TPSA) is 89.5 Å². The minimum atomic E-state index is -4.50. The van der Waals surface area contributed by atoms with Crippen molar-refractivity contribution in [2.75, 3.05) is 17.7 Å². The molecule has 28 heavy (non-hydrogen) atoms. The molecule has 0 heterocycles. The molecule has 0 fully saturated rings. The normalized spacial score (nSPS) is 11.7. The maximum absolute atomic E-state index is 12.5.